The lowest BCUT2D eigenvalue weighted by Crippen LogP contribution is -2.13. The Morgan fingerprint density at radius 1 is 1.30 bits per heavy atom. The molecule has 0 radical (unpaired) electrons. The van der Waals surface area contributed by atoms with E-state index in [1.165, 1.54) is 11.3 Å². The second-order valence-electron chi connectivity index (χ2n) is 4.35. The average molecular weight is 419 g/mol. The van der Waals surface area contributed by atoms with Crippen LogP contribution in [0.15, 0.2) is 38.6 Å². The molecule has 0 atom stereocenters. The van der Waals surface area contributed by atoms with Gasteiger partial charge >= 0.3 is 0 Å². The summed E-state index contributed by atoms with van der Waals surface area (Å²) in [5, 5.41) is 2.88. The molecule has 1 heterocycles. The third kappa shape index (κ3) is 3.84. The summed E-state index contributed by atoms with van der Waals surface area (Å²) in [7, 11) is 0. The summed E-state index contributed by atoms with van der Waals surface area (Å²) >= 11 is 8.14. The highest BCUT2D eigenvalue weighted by Crippen LogP contribution is 2.33. The molecule has 0 unspecified atom stereocenters. The molecule has 2 aromatic rings. The van der Waals surface area contributed by atoms with Gasteiger partial charge in [-0.05, 0) is 63.9 Å². The molecule has 1 amide bonds. The molecule has 0 aliphatic rings. The zero-order chi connectivity index (χ0) is 14.7. The van der Waals surface area contributed by atoms with Gasteiger partial charge in [-0.1, -0.05) is 12.1 Å². The number of halogens is 2. The van der Waals surface area contributed by atoms with Gasteiger partial charge in [0, 0.05) is 4.47 Å². The van der Waals surface area contributed by atoms with Crippen molar-refractivity contribution in [2.75, 3.05) is 5.32 Å². The maximum absolute atomic E-state index is 12.2. The molecule has 1 aromatic carbocycles. The van der Waals surface area contributed by atoms with Crippen LogP contribution in [0.3, 0.4) is 0 Å². The lowest BCUT2D eigenvalue weighted by atomic mass is 10.2. The van der Waals surface area contributed by atoms with E-state index in [0.717, 1.165) is 8.26 Å². The first-order valence-corrected chi connectivity index (χ1v) is 8.39. The van der Waals surface area contributed by atoms with Gasteiger partial charge in [0.05, 0.1) is 20.5 Å². The molecule has 6 heteroatoms. The van der Waals surface area contributed by atoms with E-state index in [1.54, 1.807) is 6.07 Å². The van der Waals surface area contributed by atoms with E-state index < -0.39 is 0 Å². The third-order valence-corrected chi connectivity index (χ3v) is 5.62. The predicted octanol–water partition coefficient (Wildman–Crippen LogP) is 5.31. The number of hydrogen-bond donors (Lipinski definition) is 1. The Balaban J connectivity index is 2.19. The summed E-state index contributed by atoms with van der Waals surface area (Å²) in [6, 6.07) is 9.20. The first kappa shape index (κ1) is 15.5. The van der Waals surface area contributed by atoms with Crippen molar-refractivity contribution in [3.63, 3.8) is 0 Å². The van der Waals surface area contributed by atoms with E-state index in [0.29, 0.717) is 16.3 Å². The monoisotopic (exact) mass is 417 g/mol. The van der Waals surface area contributed by atoms with Crippen LogP contribution in [0, 0.1) is 0 Å². The molecule has 0 aliphatic carbocycles. The van der Waals surface area contributed by atoms with Crippen LogP contribution in [0.2, 0.25) is 0 Å². The number of thiophene rings is 1. The molecule has 2 rings (SSSR count). The zero-order valence-corrected chi connectivity index (χ0v) is 14.9. The van der Waals surface area contributed by atoms with Crippen molar-refractivity contribution in [3.05, 3.63) is 43.5 Å². The smallest absolute Gasteiger partial charge is 0.265 e. The third-order valence-electron chi connectivity index (χ3n) is 2.37. The van der Waals surface area contributed by atoms with Gasteiger partial charge in [0.2, 0.25) is 0 Å². The minimum atomic E-state index is -0.152. The first-order valence-electron chi connectivity index (χ1n) is 5.99. The number of rotatable bonds is 4. The molecular weight excluding hydrogens is 406 g/mol. The van der Waals surface area contributed by atoms with Crippen molar-refractivity contribution in [1.29, 1.82) is 0 Å². The van der Waals surface area contributed by atoms with Crippen LogP contribution in [0.5, 0.6) is 5.75 Å². The van der Waals surface area contributed by atoms with E-state index in [2.05, 4.69) is 37.2 Å². The first-order chi connectivity index (χ1) is 9.47. The highest BCUT2D eigenvalue weighted by molar-refractivity contribution is 9.13. The van der Waals surface area contributed by atoms with Crippen molar-refractivity contribution < 1.29 is 9.53 Å². The normalized spacial score (nSPS) is 10.7. The van der Waals surface area contributed by atoms with Gasteiger partial charge in [0.15, 0.2) is 0 Å². The Morgan fingerprint density at radius 2 is 2.00 bits per heavy atom. The summed E-state index contributed by atoms with van der Waals surface area (Å²) in [4.78, 5) is 12.8. The van der Waals surface area contributed by atoms with Crippen LogP contribution in [0.4, 0.5) is 5.69 Å². The summed E-state index contributed by atoms with van der Waals surface area (Å²) in [5.74, 6) is 0.520. The van der Waals surface area contributed by atoms with Crippen molar-refractivity contribution in [3.8, 4) is 5.75 Å². The number of amides is 1. The van der Waals surface area contributed by atoms with Crippen LogP contribution < -0.4 is 10.1 Å². The summed E-state index contributed by atoms with van der Waals surface area (Å²) in [6.07, 6.45) is 0.0538. The van der Waals surface area contributed by atoms with Gasteiger partial charge in [0.25, 0.3) is 5.91 Å². The van der Waals surface area contributed by atoms with Gasteiger partial charge in [-0.25, -0.2) is 0 Å². The predicted molar refractivity (Wildman–Crippen MR) is 89.9 cm³/mol. The molecule has 3 nitrogen and oxygen atoms in total. The molecule has 1 N–H and O–H groups in total. The fraction of sp³-hybridized carbons (Fsp3) is 0.214. The second kappa shape index (κ2) is 6.74. The van der Waals surface area contributed by atoms with E-state index >= 15 is 0 Å². The zero-order valence-electron chi connectivity index (χ0n) is 10.9. The molecule has 20 heavy (non-hydrogen) atoms. The molecule has 0 saturated heterocycles. The molecular formula is C14H13Br2NO2S. The number of para-hydroxylation sites is 2. The van der Waals surface area contributed by atoms with Gasteiger partial charge in [0.1, 0.15) is 5.75 Å². The van der Waals surface area contributed by atoms with Crippen LogP contribution in [0.1, 0.15) is 23.5 Å². The summed E-state index contributed by atoms with van der Waals surface area (Å²) in [6.45, 7) is 3.90. The maximum Gasteiger partial charge on any atom is 0.265 e. The number of carbonyl (C=O) groups excluding carboxylic acids is 1. The van der Waals surface area contributed by atoms with Gasteiger partial charge in [-0.2, -0.15) is 0 Å². The van der Waals surface area contributed by atoms with Crippen molar-refractivity contribution in [2.45, 2.75) is 20.0 Å². The minimum Gasteiger partial charge on any atom is -0.489 e. The molecule has 0 spiro atoms. The Bertz CT molecular complexity index is 606. The highest BCUT2D eigenvalue weighted by Gasteiger charge is 2.14. The summed E-state index contributed by atoms with van der Waals surface area (Å²) in [5.41, 5.74) is 0.673. The Hall–Kier alpha value is -0.850. The fourth-order valence-electron chi connectivity index (χ4n) is 1.57. The van der Waals surface area contributed by atoms with E-state index in [-0.39, 0.29) is 12.0 Å². The van der Waals surface area contributed by atoms with E-state index in [1.807, 2.05) is 38.1 Å². The van der Waals surface area contributed by atoms with Gasteiger partial charge in [-0.15, -0.1) is 11.3 Å². The molecule has 0 bridgehead atoms. The SMILES string of the molecule is CC(C)Oc1ccccc1NC(=O)c1cc(Br)c(Br)s1. The number of ether oxygens (including phenoxy) is 1. The standard InChI is InChI=1S/C14H13Br2NO2S/c1-8(2)19-11-6-4-3-5-10(11)17-14(18)12-7-9(15)13(16)20-12/h3-8H,1-2H3,(H,17,18). The van der Waals surface area contributed by atoms with Crippen molar-refractivity contribution in [1.82, 2.24) is 0 Å². The van der Waals surface area contributed by atoms with Crippen LogP contribution in [0.25, 0.3) is 0 Å². The van der Waals surface area contributed by atoms with E-state index in [4.69, 9.17) is 4.74 Å². The largest absolute Gasteiger partial charge is 0.489 e. The molecule has 0 aliphatic heterocycles. The van der Waals surface area contributed by atoms with Crippen molar-refractivity contribution >= 4 is 54.8 Å². The second-order valence-corrected chi connectivity index (χ2v) is 7.57. The lowest BCUT2D eigenvalue weighted by molar-refractivity contribution is 0.102. The Labute approximate surface area is 138 Å². The summed E-state index contributed by atoms with van der Waals surface area (Å²) < 4.78 is 7.45. The average Bonchev–Trinajstić information content (AvgIpc) is 2.71. The molecule has 0 fully saturated rings. The van der Waals surface area contributed by atoms with Crippen LogP contribution >= 0.6 is 43.2 Å². The number of anilines is 1. The molecule has 0 saturated carbocycles. The quantitative estimate of drug-likeness (QED) is 0.730. The minimum absolute atomic E-state index is 0.0538. The molecule has 1 aromatic heterocycles. The van der Waals surface area contributed by atoms with Crippen LogP contribution in [-0.2, 0) is 0 Å². The van der Waals surface area contributed by atoms with Crippen LogP contribution in [-0.4, -0.2) is 12.0 Å². The Kier molecular flexibility index (Phi) is 5.23. The fourth-order valence-corrected chi connectivity index (χ4v) is 3.50. The Morgan fingerprint density at radius 3 is 2.60 bits per heavy atom. The van der Waals surface area contributed by atoms with Gasteiger partial charge in [-0.3, -0.25) is 4.79 Å². The van der Waals surface area contributed by atoms with Gasteiger partial charge < -0.3 is 10.1 Å². The number of nitrogens with one attached hydrogen (secondary N) is 1. The molecule has 106 valence electrons. The van der Waals surface area contributed by atoms with E-state index in [9.17, 15) is 4.79 Å². The number of benzene rings is 1. The maximum atomic E-state index is 12.2. The lowest BCUT2D eigenvalue weighted by Gasteiger charge is -2.14. The highest BCUT2D eigenvalue weighted by atomic mass is 79.9. The topological polar surface area (TPSA) is 38.3 Å². The number of carbonyl (C=O) groups is 1. The number of hydrogen-bond acceptors (Lipinski definition) is 3. The van der Waals surface area contributed by atoms with Crippen molar-refractivity contribution in [2.24, 2.45) is 0 Å².